The maximum Gasteiger partial charge on any atom is 0.267 e. The Morgan fingerprint density at radius 3 is 2.59 bits per heavy atom. The van der Waals surface area contributed by atoms with Gasteiger partial charge in [-0.1, -0.05) is 17.7 Å². The summed E-state index contributed by atoms with van der Waals surface area (Å²) in [5.74, 6) is -0.145. The quantitative estimate of drug-likeness (QED) is 0.731. The van der Waals surface area contributed by atoms with E-state index in [1.165, 1.54) is 18.9 Å². The van der Waals surface area contributed by atoms with Crippen LogP contribution in [-0.2, 0) is 0 Å². The van der Waals surface area contributed by atoms with Gasteiger partial charge in [0.2, 0.25) is 0 Å². The summed E-state index contributed by atoms with van der Waals surface area (Å²) in [6.45, 7) is 5.74. The zero-order valence-corrected chi connectivity index (χ0v) is 15.5. The molecule has 0 radical (unpaired) electrons. The van der Waals surface area contributed by atoms with E-state index in [0.29, 0.717) is 17.9 Å². The number of aromatic amines is 1. The Labute approximate surface area is 157 Å². The molecular weight excluding hydrogens is 340 g/mol. The highest BCUT2D eigenvalue weighted by molar-refractivity contribution is 5.97. The number of aromatic nitrogens is 2. The molecule has 1 saturated heterocycles. The van der Waals surface area contributed by atoms with Gasteiger partial charge >= 0.3 is 0 Å². The first-order valence-corrected chi connectivity index (χ1v) is 9.44. The number of pyridine rings is 1. The highest BCUT2D eigenvalue weighted by atomic mass is 16.2. The van der Waals surface area contributed by atoms with Crippen molar-refractivity contribution in [1.82, 2.24) is 19.8 Å². The van der Waals surface area contributed by atoms with Gasteiger partial charge in [0, 0.05) is 24.5 Å². The molecule has 0 spiro atoms. The lowest BCUT2D eigenvalue weighted by Gasteiger charge is -2.14. The van der Waals surface area contributed by atoms with Crippen LogP contribution in [0.2, 0.25) is 0 Å². The molecule has 1 aromatic carbocycles. The van der Waals surface area contributed by atoms with E-state index in [1.807, 2.05) is 31.2 Å². The number of aryl methyl sites for hydroxylation is 1. The summed E-state index contributed by atoms with van der Waals surface area (Å²) in [4.78, 5) is 30.5. The van der Waals surface area contributed by atoms with Crippen molar-refractivity contribution in [2.45, 2.75) is 19.8 Å². The van der Waals surface area contributed by atoms with Crippen LogP contribution in [0.15, 0.2) is 47.3 Å². The van der Waals surface area contributed by atoms with Crippen LogP contribution < -0.4 is 10.9 Å². The molecule has 0 atom stereocenters. The van der Waals surface area contributed by atoms with Crippen LogP contribution in [0.5, 0.6) is 0 Å². The predicted molar refractivity (Wildman–Crippen MR) is 107 cm³/mol. The van der Waals surface area contributed by atoms with E-state index in [-0.39, 0.29) is 11.5 Å². The number of rotatable bonds is 5. The second-order valence-electron chi connectivity index (χ2n) is 7.13. The molecule has 140 valence electrons. The topological polar surface area (TPSA) is 70.1 Å². The van der Waals surface area contributed by atoms with Gasteiger partial charge in [-0.25, -0.2) is 0 Å². The van der Waals surface area contributed by atoms with Gasteiger partial charge in [0.15, 0.2) is 0 Å². The summed E-state index contributed by atoms with van der Waals surface area (Å²) < 4.78 is 1.61. The third-order valence-corrected chi connectivity index (χ3v) is 5.12. The number of carbonyl (C=O) groups excluding carboxylic acids is 1. The number of nitrogens with one attached hydrogen (secondary N) is 2. The van der Waals surface area contributed by atoms with E-state index in [1.54, 1.807) is 16.7 Å². The van der Waals surface area contributed by atoms with Gasteiger partial charge in [0.25, 0.3) is 11.5 Å². The van der Waals surface area contributed by atoms with Gasteiger partial charge in [-0.05, 0) is 57.1 Å². The SMILES string of the molecule is Cc1ccc(-n2c(=O)ccc3cc(C(=O)NCCN4CCCC4)[nH]c32)cc1. The molecule has 6 heteroatoms. The van der Waals surface area contributed by atoms with Gasteiger partial charge in [0.05, 0.1) is 5.69 Å². The molecule has 27 heavy (non-hydrogen) atoms. The van der Waals surface area contributed by atoms with Gasteiger partial charge in [-0.15, -0.1) is 0 Å². The minimum Gasteiger partial charge on any atom is -0.349 e. The highest BCUT2D eigenvalue weighted by Crippen LogP contribution is 2.18. The molecule has 2 N–H and O–H groups in total. The average Bonchev–Trinajstić information content (AvgIpc) is 3.32. The van der Waals surface area contributed by atoms with Crippen LogP contribution in [0.1, 0.15) is 28.9 Å². The summed E-state index contributed by atoms with van der Waals surface area (Å²) in [6.07, 6.45) is 2.49. The van der Waals surface area contributed by atoms with E-state index in [9.17, 15) is 9.59 Å². The zero-order valence-electron chi connectivity index (χ0n) is 15.5. The Bertz CT molecular complexity index is 1010. The number of nitrogens with zero attached hydrogens (tertiary/aromatic N) is 2. The summed E-state index contributed by atoms with van der Waals surface area (Å²) in [5.41, 5.74) is 2.88. The fraction of sp³-hybridized carbons (Fsp3) is 0.333. The standard InChI is InChI=1S/C21H24N4O2/c1-15-4-7-17(8-5-15)25-19(26)9-6-16-14-18(23-20(16)25)21(27)22-10-13-24-11-2-3-12-24/h4-9,14,23H,2-3,10-13H2,1H3,(H,22,27). The third-order valence-electron chi connectivity index (χ3n) is 5.12. The number of carbonyl (C=O) groups is 1. The van der Waals surface area contributed by atoms with Crippen LogP contribution in [0.4, 0.5) is 0 Å². The molecule has 1 amide bonds. The Kier molecular flexibility index (Phi) is 4.81. The zero-order chi connectivity index (χ0) is 18.8. The number of fused-ring (bicyclic) bond motifs is 1. The second-order valence-corrected chi connectivity index (χ2v) is 7.13. The van der Waals surface area contributed by atoms with Crippen LogP contribution in [-0.4, -0.2) is 46.5 Å². The molecule has 0 bridgehead atoms. The van der Waals surface area contributed by atoms with Crippen LogP contribution in [0.25, 0.3) is 16.7 Å². The summed E-state index contributed by atoms with van der Waals surface area (Å²) in [5, 5.41) is 3.80. The van der Waals surface area contributed by atoms with Crippen molar-refractivity contribution in [2.75, 3.05) is 26.2 Å². The number of H-pyrrole nitrogens is 1. The van der Waals surface area contributed by atoms with Crippen molar-refractivity contribution in [3.63, 3.8) is 0 Å². The Hall–Kier alpha value is -2.86. The summed E-state index contributed by atoms with van der Waals surface area (Å²) >= 11 is 0. The molecule has 0 unspecified atom stereocenters. The minimum atomic E-state index is -0.145. The van der Waals surface area contributed by atoms with Crippen molar-refractivity contribution in [3.8, 4) is 5.69 Å². The molecule has 1 aliphatic heterocycles. The average molecular weight is 364 g/mol. The third kappa shape index (κ3) is 3.66. The largest absolute Gasteiger partial charge is 0.349 e. The smallest absolute Gasteiger partial charge is 0.267 e. The maximum atomic E-state index is 12.5. The number of amides is 1. The summed E-state index contributed by atoms with van der Waals surface area (Å²) in [6, 6.07) is 12.8. The Morgan fingerprint density at radius 2 is 1.85 bits per heavy atom. The van der Waals surface area contributed by atoms with E-state index < -0.39 is 0 Å². The molecule has 4 rings (SSSR count). The van der Waals surface area contributed by atoms with Gasteiger partial charge in [0.1, 0.15) is 11.3 Å². The number of likely N-dealkylation sites (tertiary alicyclic amines) is 1. The Balaban J connectivity index is 1.58. The monoisotopic (exact) mass is 364 g/mol. The normalized spacial score (nSPS) is 14.7. The lowest BCUT2D eigenvalue weighted by molar-refractivity contribution is 0.0945. The highest BCUT2D eigenvalue weighted by Gasteiger charge is 2.15. The molecule has 3 heterocycles. The van der Waals surface area contributed by atoms with Crippen LogP contribution >= 0.6 is 0 Å². The van der Waals surface area contributed by atoms with Gasteiger partial charge in [-0.2, -0.15) is 0 Å². The molecule has 3 aromatic rings. The molecule has 0 aliphatic carbocycles. The van der Waals surface area contributed by atoms with Gasteiger partial charge in [-0.3, -0.25) is 14.2 Å². The molecular formula is C21H24N4O2. The summed E-state index contributed by atoms with van der Waals surface area (Å²) in [7, 11) is 0. The van der Waals surface area contributed by atoms with Gasteiger partial charge < -0.3 is 15.2 Å². The van der Waals surface area contributed by atoms with Crippen molar-refractivity contribution >= 4 is 16.9 Å². The van der Waals surface area contributed by atoms with Crippen LogP contribution in [0, 0.1) is 6.92 Å². The number of benzene rings is 1. The molecule has 2 aromatic heterocycles. The van der Waals surface area contributed by atoms with Crippen LogP contribution in [0.3, 0.4) is 0 Å². The molecule has 0 saturated carbocycles. The first-order chi connectivity index (χ1) is 13.1. The predicted octanol–water partition coefficient (Wildman–Crippen LogP) is 2.45. The first kappa shape index (κ1) is 17.5. The maximum absolute atomic E-state index is 12.5. The van der Waals surface area contributed by atoms with Crippen molar-refractivity contribution in [2.24, 2.45) is 0 Å². The van der Waals surface area contributed by atoms with E-state index >= 15 is 0 Å². The fourth-order valence-corrected chi connectivity index (χ4v) is 3.62. The van der Waals surface area contributed by atoms with E-state index in [0.717, 1.165) is 36.3 Å². The minimum absolute atomic E-state index is 0.130. The second kappa shape index (κ2) is 7.40. The number of hydrogen-bond acceptors (Lipinski definition) is 3. The van der Waals surface area contributed by atoms with Crippen molar-refractivity contribution in [3.05, 3.63) is 64.1 Å². The van der Waals surface area contributed by atoms with E-state index in [4.69, 9.17) is 0 Å². The fourth-order valence-electron chi connectivity index (χ4n) is 3.62. The molecule has 1 fully saturated rings. The molecule has 1 aliphatic rings. The molecule has 6 nitrogen and oxygen atoms in total. The lowest BCUT2D eigenvalue weighted by Crippen LogP contribution is -2.33. The first-order valence-electron chi connectivity index (χ1n) is 9.44. The van der Waals surface area contributed by atoms with Crippen molar-refractivity contribution < 1.29 is 4.79 Å². The lowest BCUT2D eigenvalue weighted by atomic mass is 10.2. The Morgan fingerprint density at radius 1 is 1.11 bits per heavy atom. The van der Waals surface area contributed by atoms with Crippen molar-refractivity contribution in [1.29, 1.82) is 0 Å². The number of hydrogen-bond donors (Lipinski definition) is 2. The van der Waals surface area contributed by atoms with E-state index in [2.05, 4.69) is 15.2 Å².